The number of nitrogens with one attached hydrogen (secondary N) is 1. The second-order valence-corrected chi connectivity index (χ2v) is 7.71. The molecule has 0 amide bonds. The molecule has 3 rings (SSSR count). The van der Waals surface area contributed by atoms with Crippen LogP contribution in [0.4, 0.5) is 5.69 Å². The maximum Gasteiger partial charge on any atom is 0.0314 e. The highest BCUT2D eigenvalue weighted by Crippen LogP contribution is 2.40. The Hall–Kier alpha value is -1.02. The van der Waals surface area contributed by atoms with E-state index in [-0.39, 0.29) is 0 Å². The lowest BCUT2D eigenvalue weighted by Crippen LogP contribution is -2.43. The molecule has 3 unspecified atom stereocenters. The molecule has 0 aliphatic heterocycles. The third kappa shape index (κ3) is 4.04. The van der Waals surface area contributed by atoms with Crippen molar-refractivity contribution in [1.29, 1.82) is 0 Å². The Kier molecular flexibility index (Phi) is 5.41. The molecule has 2 nitrogen and oxygen atoms in total. The van der Waals surface area contributed by atoms with Gasteiger partial charge in [-0.25, -0.2) is 0 Å². The van der Waals surface area contributed by atoms with Gasteiger partial charge >= 0.3 is 0 Å². The average molecular weight is 300 g/mol. The van der Waals surface area contributed by atoms with Crippen molar-refractivity contribution in [2.75, 3.05) is 5.73 Å². The number of nitrogens with two attached hydrogens (primary N) is 1. The fraction of sp³-hybridized carbons (Fsp3) is 0.700. The van der Waals surface area contributed by atoms with Crippen molar-refractivity contribution >= 4 is 5.69 Å². The first kappa shape index (κ1) is 15.9. The van der Waals surface area contributed by atoms with Crippen LogP contribution in [-0.4, -0.2) is 6.04 Å². The second-order valence-electron chi connectivity index (χ2n) is 7.71. The lowest BCUT2D eigenvalue weighted by molar-refractivity contribution is 0.122. The Bertz CT molecular complexity index is 447. The Morgan fingerprint density at radius 1 is 1.00 bits per heavy atom. The lowest BCUT2D eigenvalue weighted by Gasteiger charge is -2.41. The molecule has 2 aliphatic carbocycles. The van der Waals surface area contributed by atoms with Crippen molar-refractivity contribution in [2.24, 2.45) is 17.8 Å². The molecule has 22 heavy (non-hydrogen) atoms. The van der Waals surface area contributed by atoms with Crippen molar-refractivity contribution in [3.63, 3.8) is 0 Å². The summed E-state index contributed by atoms with van der Waals surface area (Å²) in [6, 6.07) is 9.06. The number of hydrogen-bond donors (Lipinski definition) is 2. The van der Waals surface area contributed by atoms with Crippen molar-refractivity contribution in [1.82, 2.24) is 5.32 Å². The fourth-order valence-electron chi connectivity index (χ4n) is 4.65. The number of hydrogen-bond acceptors (Lipinski definition) is 2. The minimum Gasteiger partial charge on any atom is -0.399 e. The molecule has 2 saturated carbocycles. The standard InChI is InChI=1S/C20H32N2/c1-15-7-12-20(19(13-15)17-5-3-2-4-6-17)22-14-16-8-10-18(21)11-9-16/h8-11,15,17,19-20,22H,2-7,12-14,21H2,1H3. The average Bonchev–Trinajstić information content (AvgIpc) is 2.56. The van der Waals surface area contributed by atoms with Crippen LogP contribution in [0.25, 0.3) is 0 Å². The molecule has 122 valence electrons. The van der Waals surface area contributed by atoms with Crippen LogP contribution in [0, 0.1) is 17.8 Å². The van der Waals surface area contributed by atoms with Gasteiger partial charge in [-0.3, -0.25) is 0 Å². The predicted octanol–water partition coefficient (Wildman–Crippen LogP) is 4.74. The zero-order valence-corrected chi connectivity index (χ0v) is 14.1. The lowest BCUT2D eigenvalue weighted by atomic mass is 9.68. The third-order valence-corrected chi connectivity index (χ3v) is 5.97. The molecular weight excluding hydrogens is 268 g/mol. The van der Waals surface area contributed by atoms with E-state index in [4.69, 9.17) is 5.73 Å². The van der Waals surface area contributed by atoms with Crippen LogP contribution in [0.1, 0.15) is 63.9 Å². The molecule has 0 spiro atoms. The summed E-state index contributed by atoms with van der Waals surface area (Å²) in [6.45, 7) is 3.44. The SMILES string of the molecule is CC1CCC(NCc2ccc(N)cc2)C(C2CCCCC2)C1. The predicted molar refractivity (Wildman–Crippen MR) is 94.6 cm³/mol. The van der Waals surface area contributed by atoms with Gasteiger partial charge in [-0.1, -0.05) is 51.2 Å². The summed E-state index contributed by atoms with van der Waals surface area (Å²) in [5, 5.41) is 3.88. The molecule has 0 bridgehead atoms. The Morgan fingerprint density at radius 2 is 1.73 bits per heavy atom. The smallest absolute Gasteiger partial charge is 0.0314 e. The normalized spacial score (nSPS) is 30.3. The highest BCUT2D eigenvalue weighted by atomic mass is 14.9. The van der Waals surface area contributed by atoms with E-state index < -0.39 is 0 Å². The first-order valence-electron chi connectivity index (χ1n) is 9.30. The van der Waals surface area contributed by atoms with Crippen molar-refractivity contribution in [3.05, 3.63) is 29.8 Å². The molecule has 1 aromatic carbocycles. The summed E-state index contributed by atoms with van der Waals surface area (Å²) in [4.78, 5) is 0. The van der Waals surface area contributed by atoms with Gasteiger partial charge in [-0.05, 0) is 54.7 Å². The van der Waals surface area contributed by atoms with Crippen molar-refractivity contribution < 1.29 is 0 Å². The molecule has 2 fully saturated rings. The number of nitrogen functional groups attached to an aromatic ring is 1. The second kappa shape index (κ2) is 7.50. The Labute approximate surface area is 135 Å². The fourth-order valence-corrected chi connectivity index (χ4v) is 4.65. The molecule has 0 heterocycles. The van der Waals surface area contributed by atoms with E-state index in [1.54, 1.807) is 0 Å². The summed E-state index contributed by atoms with van der Waals surface area (Å²) < 4.78 is 0. The quantitative estimate of drug-likeness (QED) is 0.788. The third-order valence-electron chi connectivity index (χ3n) is 5.97. The largest absolute Gasteiger partial charge is 0.399 e. The van der Waals surface area contributed by atoms with Gasteiger partial charge < -0.3 is 11.1 Å². The van der Waals surface area contributed by atoms with Crippen LogP contribution >= 0.6 is 0 Å². The topological polar surface area (TPSA) is 38.0 Å². The molecule has 2 heteroatoms. The molecule has 0 aromatic heterocycles. The highest BCUT2D eigenvalue weighted by molar-refractivity contribution is 5.39. The van der Waals surface area contributed by atoms with Crippen LogP contribution < -0.4 is 11.1 Å². The minimum absolute atomic E-state index is 0.719. The summed E-state index contributed by atoms with van der Waals surface area (Å²) in [5.74, 6) is 2.79. The summed E-state index contributed by atoms with van der Waals surface area (Å²) in [5.41, 5.74) is 7.99. The van der Waals surface area contributed by atoms with E-state index in [1.165, 1.54) is 56.9 Å². The molecule has 3 N–H and O–H groups in total. The highest BCUT2D eigenvalue weighted by Gasteiger charge is 2.34. The van der Waals surface area contributed by atoms with Crippen LogP contribution in [0.15, 0.2) is 24.3 Å². The Morgan fingerprint density at radius 3 is 2.45 bits per heavy atom. The molecule has 1 aromatic rings. The number of anilines is 1. The first-order chi connectivity index (χ1) is 10.7. The van der Waals surface area contributed by atoms with Crippen LogP contribution in [0.5, 0.6) is 0 Å². The van der Waals surface area contributed by atoms with E-state index in [1.807, 2.05) is 12.1 Å². The molecular formula is C20H32N2. The summed E-state index contributed by atoms with van der Waals surface area (Å²) >= 11 is 0. The van der Waals surface area contributed by atoms with Gasteiger partial charge in [0.2, 0.25) is 0 Å². The van der Waals surface area contributed by atoms with Gasteiger partial charge in [-0.15, -0.1) is 0 Å². The maximum absolute atomic E-state index is 5.78. The van der Waals surface area contributed by atoms with E-state index in [9.17, 15) is 0 Å². The van der Waals surface area contributed by atoms with Crippen molar-refractivity contribution in [2.45, 2.75) is 70.9 Å². The van der Waals surface area contributed by atoms with Gasteiger partial charge in [0, 0.05) is 18.3 Å². The van der Waals surface area contributed by atoms with Crippen LogP contribution in [-0.2, 0) is 6.54 Å². The monoisotopic (exact) mass is 300 g/mol. The maximum atomic E-state index is 5.78. The zero-order valence-electron chi connectivity index (χ0n) is 14.1. The van der Waals surface area contributed by atoms with E-state index in [2.05, 4.69) is 24.4 Å². The number of rotatable bonds is 4. The molecule has 3 atom stereocenters. The Balaban J connectivity index is 1.60. The van der Waals surface area contributed by atoms with Gasteiger partial charge in [0.1, 0.15) is 0 Å². The van der Waals surface area contributed by atoms with Gasteiger partial charge in [0.15, 0.2) is 0 Å². The summed E-state index contributed by atoms with van der Waals surface area (Å²) in [7, 11) is 0. The van der Waals surface area contributed by atoms with Gasteiger partial charge in [-0.2, -0.15) is 0 Å². The molecule has 0 radical (unpaired) electrons. The molecule has 2 aliphatic rings. The number of benzene rings is 1. The van der Waals surface area contributed by atoms with Gasteiger partial charge in [0.25, 0.3) is 0 Å². The first-order valence-corrected chi connectivity index (χ1v) is 9.30. The van der Waals surface area contributed by atoms with Crippen LogP contribution in [0.3, 0.4) is 0 Å². The molecule has 0 saturated heterocycles. The van der Waals surface area contributed by atoms with E-state index in [0.29, 0.717) is 0 Å². The van der Waals surface area contributed by atoms with Crippen molar-refractivity contribution in [3.8, 4) is 0 Å². The summed E-state index contributed by atoms with van der Waals surface area (Å²) in [6.07, 6.45) is 11.5. The zero-order chi connectivity index (χ0) is 15.4. The van der Waals surface area contributed by atoms with Crippen LogP contribution in [0.2, 0.25) is 0 Å². The van der Waals surface area contributed by atoms with Gasteiger partial charge in [0.05, 0.1) is 0 Å². The minimum atomic E-state index is 0.719. The van der Waals surface area contributed by atoms with E-state index in [0.717, 1.165) is 36.0 Å². The van der Waals surface area contributed by atoms with E-state index >= 15 is 0 Å².